The molecule has 2 aliphatic heterocycles. The van der Waals surface area contributed by atoms with E-state index in [4.69, 9.17) is 37.9 Å². The van der Waals surface area contributed by atoms with Gasteiger partial charge in [-0.1, -0.05) is 182 Å². The first-order chi connectivity index (χ1) is 32.1. The topological polar surface area (TPSA) is 114 Å². The van der Waals surface area contributed by atoms with Crippen LogP contribution in [0.25, 0.3) is 0 Å². The van der Waals surface area contributed by atoms with E-state index in [1.165, 1.54) is 0 Å². The highest BCUT2D eigenvalue weighted by molar-refractivity contribution is 5.18. The average molecular weight is 881 g/mol. The average Bonchev–Trinajstić information content (AvgIpc) is 3.36. The van der Waals surface area contributed by atoms with Crippen LogP contribution in [0, 0.1) is 0 Å². The van der Waals surface area contributed by atoms with Crippen LogP contribution in [0.2, 0.25) is 0 Å². The van der Waals surface area contributed by atoms with Gasteiger partial charge in [-0.15, -0.1) is 0 Å². The molecule has 0 aromatic heterocycles. The standard InChI is InChI=1S/C55H60O10/c56-50-46(64-48(38-58-32-40-19-7-1-8-20-40)52(60-34-42-23-11-3-12-24-42)54(50)62-36-44-27-15-5-16-28-44)31-47-51(57)55(63-37-45-29-17-6-18-30-45)53(61-35-43-25-13-4-14-26-43)49(65-47)39-59-33-41-21-9-2-10-22-41/h1-30,46-57H,31-39H2/t46-,47+,48-,49-,50+,51+,52-,53-,54-,55-/m1/s1. The number of aliphatic hydroxyl groups is 2. The Bertz CT molecular complexity index is 2040. The smallest absolute Gasteiger partial charge is 0.115 e. The van der Waals surface area contributed by atoms with Gasteiger partial charge in [0.25, 0.3) is 0 Å². The Labute approximate surface area is 382 Å². The molecule has 0 aliphatic carbocycles. The van der Waals surface area contributed by atoms with Gasteiger partial charge in [0, 0.05) is 6.42 Å². The predicted molar refractivity (Wildman–Crippen MR) is 246 cm³/mol. The third-order valence-electron chi connectivity index (χ3n) is 11.9. The fourth-order valence-corrected chi connectivity index (χ4v) is 8.48. The van der Waals surface area contributed by atoms with E-state index in [0.717, 1.165) is 33.4 Å². The van der Waals surface area contributed by atoms with E-state index in [-0.39, 0.29) is 46.1 Å². The van der Waals surface area contributed by atoms with Crippen LogP contribution in [0.4, 0.5) is 0 Å². The summed E-state index contributed by atoms with van der Waals surface area (Å²) >= 11 is 0. The Morgan fingerprint density at radius 3 is 0.831 bits per heavy atom. The van der Waals surface area contributed by atoms with Crippen LogP contribution in [0.1, 0.15) is 39.8 Å². The zero-order chi connectivity index (χ0) is 44.5. The molecule has 2 aliphatic rings. The maximum Gasteiger partial charge on any atom is 0.115 e. The second kappa shape index (κ2) is 24.4. The van der Waals surface area contributed by atoms with Gasteiger partial charge in [-0.25, -0.2) is 0 Å². The quantitative estimate of drug-likeness (QED) is 0.0690. The molecule has 0 unspecified atom stereocenters. The van der Waals surface area contributed by atoms with Gasteiger partial charge in [-0.05, 0) is 33.4 Å². The van der Waals surface area contributed by atoms with E-state index in [2.05, 4.69) is 0 Å². The zero-order valence-electron chi connectivity index (χ0n) is 36.6. The van der Waals surface area contributed by atoms with Crippen molar-refractivity contribution in [2.75, 3.05) is 13.2 Å². The van der Waals surface area contributed by atoms with Gasteiger partial charge in [0.2, 0.25) is 0 Å². The number of ether oxygens (including phenoxy) is 8. The molecular weight excluding hydrogens is 821 g/mol. The highest BCUT2D eigenvalue weighted by atomic mass is 16.6. The molecule has 340 valence electrons. The van der Waals surface area contributed by atoms with Crippen molar-refractivity contribution in [3.8, 4) is 0 Å². The van der Waals surface area contributed by atoms with E-state index in [1.54, 1.807) is 0 Å². The van der Waals surface area contributed by atoms with Crippen LogP contribution in [0.3, 0.4) is 0 Å². The van der Waals surface area contributed by atoms with Gasteiger partial charge < -0.3 is 48.1 Å². The first-order valence-electron chi connectivity index (χ1n) is 22.6. The normalized spacial score (nSPS) is 25.6. The van der Waals surface area contributed by atoms with Crippen LogP contribution in [-0.4, -0.2) is 84.5 Å². The fourth-order valence-electron chi connectivity index (χ4n) is 8.48. The summed E-state index contributed by atoms with van der Waals surface area (Å²) in [6.45, 7) is 2.03. The molecule has 10 heteroatoms. The van der Waals surface area contributed by atoms with Crippen molar-refractivity contribution >= 4 is 0 Å². The second-order valence-electron chi connectivity index (χ2n) is 16.7. The summed E-state index contributed by atoms with van der Waals surface area (Å²) in [5, 5.41) is 24.9. The summed E-state index contributed by atoms with van der Waals surface area (Å²) in [5.41, 5.74) is 5.88. The molecule has 0 spiro atoms. The van der Waals surface area contributed by atoms with Gasteiger partial charge >= 0.3 is 0 Å². The Balaban J connectivity index is 1.07. The lowest BCUT2D eigenvalue weighted by Gasteiger charge is -2.48. The number of aliphatic hydroxyl groups excluding tert-OH is 2. The summed E-state index contributed by atoms with van der Waals surface area (Å²) in [5.74, 6) is 0. The van der Waals surface area contributed by atoms with Gasteiger partial charge in [0.15, 0.2) is 0 Å². The van der Waals surface area contributed by atoms with E-state index in [0.29, 0.717) is 13.2 Å². The lowest BCUT2D eigenvalue weighted by Crippen LogP contribution is -2.64. The summed E-state index contributed by atoms with van der Waals surface area (Å²) in [7, 11) is 0. The largest absolute Gasteiger partial charge is 0.388 e. The predicted octanol–water partition coefficient (Wildman–Crippen LogP) is 8.41. The number of rotatable bonds is 22. The summed E-state index contributed by atoms with van der Waals surface area (Å²) in [4.78, 5) is 0. The number of benzene rings is 6. The molecule has 0 saturated carbocycles. The molecule has 2 fully saturated rings. The van der Waals surface area contributed by atoms with Crippen LogP contribution < -0.4 is 0 Å². The van der Waals surface area contributed by atoms with Gasteiger partial charge in [0.05, 0.1) is 65.1 Å². The Morgan fingerprint density at radius 1 is 0.308 bits per heavy atom. The maximum absolute atomic E-state index is 12.4. The summed E-state index contributed by atoms with van der Waals surface area (Å²) in [6, 6.07) is 59.4. The molecule has 0 bridgehead atoms. The van der Waals surface area contributed by atoms with Crippen LogP contribution in [-0.2, 0) is 77.5 Å². The van der Waals surface area contributed by atoms with E-state index in [9.17, 15) is 10.2 Å². The van der Waals surface area contributed by atoms with Crippen molar-refractivity contribution < 1.29 is 48.1 Å². The molecule has 10 nitrogen and oxygen atoms in total. The zero-order valence-corrected chi connectivity index (χ0v) is 36.6. The first kappa shape index (κ1) is 46.4. The highest BCUT2D eigenvalue weighted by Crippen LogP contribution is 2.35. The maximum atomic E-state index is 12.4. The molecule has 65 heavy (non-hydrogen) atoms. The summed E-state index contributed by atoms with van der Waals surface area (Å²) < 4.78 is 53.0. The summed E-state index contributed by atoms with van der Waals surface area (Å²) in [6.07, 6.45) is -8.39. The molecule has 2 saturated heterocycles. The van der Waals surface area contributed by atoms with E-state index in [1.807, 2.05) is 182 Å². The molecule has 10 atom stereocenters. The third kappa shape index (κ3) is 13.5. The van der Waals surface area contributed by atoms with Crippen LogP contribution >= 0.6 is 0 Å². The molecule has 2 N–H and O–H groups in total. The van der Waals surface area contributed by atoms with Crippen molar-refractivity contribution in [3.05, 3.63) is 215 Å². The van der Waals surface area contributed by atoms with E-state index < -0.39 is 61.0 Å². The van der Waals surface area contributed by atoms with Gasteiger partial charge in [0.1, 0.15) is 48.8 Å². The second-order valence-corrected chi connectivity index (χ2v) is 16.7. The minimum absolute atomic E-state index is 0.0971. The van der Waals surface area contributed by atoms with Crippen molar-refractivity contribution in [2.45, 2.75) is 107 Å². The SMILES string of the molecule is O[C@@H]1[C@@H](OCc2ccccc2)[C@H](OCc2ccccc2)[C@@H](COCc2ccccc2)O[C@H]1C[C@H]1O[C@H](COCc2ccccc2)[C@@H](OCc2ccccc2)[C@H](OCc2ccccc2)[C@H]1O. The molecule has 6 aromatic carbocycles. The Morgan fingerprint density at radius 2 is 0.554 bits per heavy atom. The Kier molecular flexibility index (Phi) is 17.5. The van der Waals surface area contributed by atoms with Crippen molar-refractivity contribution in [3.63, 3.8) is 0 Å². The monoisotopic (exact) mass is 880 g/mol. The molecule has 2 heterocycles. The first-order valence-corrected chi connectivity index (χ1v) is 22.6. The molecule has 8 rings (SSSR count). The minimum atomic E-state index is -1.18. The van der Waals surface area contributed by atoms with E-state index >= 15 is 0 Å². The minimum Gasteiger partial charge on any atom is -0.388 e. The molecule has 0 amide bonds. The lowest BCUT2D eigenvalue weighted by atomic mass is 9.87. The van der Waals surface area contributed by atoms with Gasteiger partial charge in [-0.3, -0.25) is 0 Å². The van der Waals surface area contributed by atoms with Gasteiger partial charge in [-0.2, -0.15) is 0 Å². The highest BCUT2D eigenvalue weighted by Gasteiger charge is 2.52. The molecule has 6 aromatic rings. The van der Waals surface area contributed by atoms with Crippen molar-refractivity contribution in [1.29, 1.82) is 0 Å². The number of hydrogen-bond acceptors (Lipinski definition) is 10. The lowest BCUT2D eigenvalue weighted by molar-refractivity contribution is -0.288. The van der Waals surface area contributed by atoms with Crippen LogP contribution in [0.15, 0.2) is 182 Å². The third-order valence-corrected chi connectivity index (χ3v) is 11.9. The Hall–Kier alpha value is -5.08. The fraction of sp³-hybridized carbons (Fsp3) is 0.345. The number of hydrogen-bond donors (Lipinski definition) is 2. The van der Waals surface area contributed by atoms with Crippen molar-refractivity contribution in [1.82, 2.24) is 0 Å². The molecular formula is C55H60O10. The molecule has 0 radical (unpaired) electrons. The van der Waals surface area contributed by atoms with Crippen molar-refractivity contribution in [2.24, 2.45) is 0 Å². The van der Waals surface area contributed by atoms with Crippen LogP contribution in [0.5, 0.6) is 0 Å².